The first-order valence-electron chi connectivity index (χ1n) is 7.01. The second-order valence-corrected chi connectivity index (χ2v) is 5.81. The molecule has 0 unspecified atom stereocenters. The molecule has 0 aliphatic heterocycles. The molecular weight excluding hydrogens is 296 g/mol. The molecule has 0 saturated heterocycles. The van der Waals surface area contributed by atoms with Gasteiger partial charge < -0.3 is 5.32 Å². The molecule has 22 heavy (non-hydrogen) atoms. The summed E-state index contributed by atoms with van der Waals surface area (Å²) in [6.45, 7) is 9.65. The van der Waals surface area contributed by atoms with E-state index in [2.05, 4.69) is 23.6 Å². The summed E-state index contributed by atoms with van der Waals surface area (Å²) < 4.78 is 1.79. The number of amides is 1. The van der Waals surface area contributed by atoms with E-state index in [0.717, 1.165) is 0 Å². The Balaban J connectivity index is 1.95. The number of hydrogen-bond donors (Lipinski definition) is 1. The van der Waals surface area contributed by atoms with Crippen molar-refractivity contribution in [3.05, 3.63) is 60.0 Å². The van der Waals surface area contributed by atoms with Crippen molar-refractivity contribution in [3.63, 3.8) is 0 Å². The van der Waals surface area contributed by atoms with Crippen molar-refractivity contribution in [2.75, 3.05) is 25.0 Å². The predicted octanol–water partition coefficient (Wildman–Crippen LogP) is 2.61. The van der Waals surface area contributed by atoms with E-state index in [4.69, 9.17) is 0 Å². The Morgan fingerprint density at radius 2 is 2.14 bits per heavy atom. The number of carbonyl (C=O) groups is 1. The monoisotopic (exact) mass is 316 g/mol. The van der Waals surface area contributed by atoms with Gasteiger partial charge in [-0.2, -0.15) is 5.10 Å². The summed E-state index contributed by atoms with van der Waals surface area (Å²) in [7, 11) is 0. The molecule has 0 saturated carbocycles. The Labute approximate surface area is 134 Å². The Hall–Kier alpha value is -2.18. The summed E-state index contributed by atoms with van der Waals surface area (Å²) in [5.74, 6) is 0.632. The number of nitrogens with one attached hydrogen (secondary N) is 1. The Morgan fingerprint density at radius 3 is 2.77 bits per heavy atom. The molecule has 2 heterocycles. The Kier molecular flexibility index (Phi) is 6.12. The van der Waals surface area contributed by atoms with Crippen LogP contribution in [0.3, 0.4) is 0 Å². The van der Waals surface area contributed by atoms with Crippen LogP contribution in [0.15, 0.2) is 55.1 Å². The maximum atomic E-state index is 12.2. The lowest BCUT2D eigenvalue weighted by molar-refractivity contribution is -0.117. The first-order chi connectivity index (χ1) is 10.7. The number of rotatable bonds is 9. The molecule has 0 aliphatic rings. The van der Waals surface area contributed by atoms with Crippen LogP contribution < -0.4 is 5.32 Å². The summed E-state index contributed by atoms with van der Waals surface area (Å²) in [4.78, 5) is 15.3. The normalized spacial score (nSPS) is 10.6. The number of anilines is 1. The minimum Gasteiger partial charge on any atom is -0.310 e. The van der Waals surface area contributed by atoms with Crippen LogP contribution in [0.5, 0.6) is 0 Å². The van der Waals surface area contributed by atoms with Gasteiger partial charge in [-0.3, -0.25) is 9.69 Å². The first kappa shape index (κ1) is 16.2. The third kappa shape index (κ3) is 4.68. The van der Waals surface area contributed by atoms with Crippen LogP contribution in [0, 0.1) is 0 Å². The van der Waals surface area contributed by atoms with Gasteiger partial charge in [-0.05, 0) is 11.4 Å². The molecule has 0 atom stereocenters. The van der Waals surface area contributed by atoms with E-state index in [9.17, 15) is 4.79 Å². The molecule has 0 fully saturated rings. The van der Waals surface area contributed by atoms with Gasteiger partial charge in [0.15, 0.2) is 0 Å². The first-order valence-corrected chi connectivity index (χ1v) is 7.89. The van der Waals surface area contributed by atoms with Crippen LogP contribution in [-0.2, 0) is 11.3 Å². The van der Waals surface area contributed by atoms with Gasteiger partial charge in [-0.25, -0.2) is 4.68 Å². The quantitative estimate of drug-likeness (QED) is 0.724. The Morgan fingerprint density at radius 1 is 1.36 bits per heavy atom. The van der Waals surface area contributed by atoms with Gasteiger partial charge in [0.1, 0.15) is 5.82 Å². The Bertz CT molecular complexity index is 608. The zero-order chi connectivity index (χ0) is 15.8. The molecule has 0 radical (unpaired) electrons. The van der Waals surface area contributed by atoms with Crippen LogP contribution in [0.1, 0.15) is 4.88 Å². The molecular formula is C16H20N4OS. The molecule has 0 aliphatic carbocycles. The molecule has 0 bridgehead atoms. The van der Waals surface area contributed by atoms with E-state index >= 15 is 0 Å². The maximum Gasteiger partial charge on any atom is 0.239 e. The van der Waals surface area contributed by atoms with Crippen molar-refractivity contribution in [2.24, 2.45) is 0 Å². The fourth-order valence-electron chi connectivity index (χ4n) is 2.07. The molecule has 1 N–H and O–H groups in total. The van der Waals surface area contributed by atoms with E-state index in [1.807, 2.05) is 22.4 Å². The van der Waals surface area contributed by atoms with Gasteiger partial charge >= 0.3 is 0 Å². The number of thiophene rings is 1. The summed E-state index contributed by atoms with van der Waals surface area (Å²) in [5, 5.41) is 9.19. The fraction of sp³-hybridized carbons (Fsp3) is 0.250. The summed E-state index contributed by atoms with van der Waals surface area (Å²) in [5.41, 5.74) is 0. The number of carbonyl (C=O) groups excluding carboxylic acids is 1. The summed E-state index contributed by atoms with van der Waals surface area (Å²) >= 11 is 1.67. The van der Waals surface area contributed by atoms with Crippen molar-refractivity contribution >= 4 is 23.1 Å². The van der Waals surface area contributed by atoms with Crippen LogP contribution in [0.2, 0.25) is 0 Å². The molecule has 6 heteroatoms. The van der Waals surface area contributed by atoms with E-state index in [-0.39, 0.29) is 5.91 Å². The maximum absolute atomic E-state index is 12.2. The molecule has 1 amide bonds. The average molecular weight is 316 g/mol. The second kappa shape index (κ2) is 8.31. The minimum atomic E-state index is -0.0726. The minimum absolute atomic E-state index is 0.0726. The van der Waals surface area contributed by atoms with Gasteiger partial charge in [0.2, 0.25) is 5.91 Å². The molecule has 2 aromatic heterocycles. The summed E-state index contributed by atoms with van der Waals surface area (Å²) in [6.07, 6.45) is 5.24. The number of hydrogen-bond acceptors (Lipinski definition) is 4. The van der Waals surface area contributed by atoms with E-state index < -0.39 is 0 Å². The van der Waals surface area contributed by atoms with Crippen LogP contribution >= 0.6 is 11.3 Å². The highest BCUT2D eigenvalue weighted by molar-refractivity contribution is 7.09. The van der Waals surface area contributed by atoms with E-state index in [1.165, 1.54) is 4.88 Å². The standard InChI is InChI=1S/C16H20N4OS/c1-3-9-19(10-4-2)13-16(21)18-15-7-8-17-20(15)12-14-6-5-11-22-14/h3-8,11H,1-2,9-10,12-13H2,(H,18,21). The zero-order valence-electron chi connectivity index (χ0n) is 12.4. The van der Waals surface area contributed by atoms with Gasteiger partial charge in [-0.1, -0.05) is 18.2 Å². The lowest BCUT2D eigenvalue weighted by Gasteiger charge is -2.18. The van der Waals surface area contributed by atoms with Crippen molar-refractivity contribution < 1.29 is 4.79 Å². The fourth-order valence-corrected chi connectivity index (χ4v) is 2.76. The lowest BCUT2D eigenvalue weighted by atomic mass is 10.4. The van der Waals surface area contributed by atoms with Gasteiger partial charge in [0.25, 0.3) is 0 Å². The smallest absolute Gasteiger partial charge is 0.239 e. The SMILES string of the molecule is C=CCN(CC=C)CC(=O)Nc1ccnn1Cc1cccs1. The third-order valence-electron chi connectivity index (χ3n) is 3.01. The largest absolute Gasteiger partial charge is 0.310 e. The average Bonchev–Trinajstić information content (AvgIpc) is 3.13. The predicted molar refractivity (Wildman–Crippen MR) is 91.1 cm³/mol. The second-order valence-electron chi connectivity index (χ2n) is 4.77. The highest BCUT2D eigenvalue weighted by Crippen LogP contribution is 2.14. The van der Waals surface area contributed by atoms with Gasteiger partial charge in [0, 0.05) is 24.0 Å². The van der Waals surface area contributed by atoms with Crippen molar-refractivity contribution in [3.8, 4) is 0 Å². The van der Waals surface area contributed by atoms with Crippen molar-refractivity contribution in [1.29, 1.82) is 0 Å². The highest BCUT2D eigenvalue weighted by atomic mass is 32.1. The van der Waals surface area contributed by atoms with Crippen molar-refractivity contribution in [1.82, 2.24) is 14.7 Å². The molecule has 0 spiro atoms. The van der Waals surface area contributed by atoms with Gasteiger partial charge in [0.05, 0.1) is 19.3 Å². The topological polar surface area (TPSA) is 50.2 Å². The number of aromatic nitrogens is 2. The van der Waals surface area contributed by atoms with Crippen LogP contribution in [-0.4, -0.2) is 40.2 Å². The number of nitrogens with zero attached hydrogens (tertiary/aromatic N) is 3. The van der Waals surface area contributed by atoms with Crippen molar-refractivity contribution in [2.45, 2.75) is 6.54 Å². The molecule has 116 valence electrons. The van der Waals surface area contributed by atoms with E-state index in [1.54, 1.807) is 40.4 Å². The molecule has 5 nitrogen and oxygen atoms in total. The molecule has 2 aromatic rings. The summed E-state index contributed by atoms with van der Waals surface area (Å²) in [6, 6.07) is 5.86. The molecule has 2 rings (SSSR count). The highest BCUT2D eigenvalue weighted by Gasteiger charge is 2.11. The third-order valence-corrected chi connectivity index (χ3v) is 3.87. The van der Waals surface area contributed by atoms with E-state index in [0.29, 0.717) is 32.0 Å². The lowest BCUT2D eigenvalue weighted by Crippen LogP contribution is -2.34. The van der Waals surface area contributed by atoms with Crippen LogP contribution in [0.25, 0.3) is 0 Å². The zero-order valence-corrected chi connectivity index (χ0v) is 13.3. The molecule has 0 aromatic carbocycles. The van der Waals surface area contributed by atoms with Gasteiger partial charge in [-0.15, -0.1) is 24.5 Å². The van der Waals surface area contributed by atoms with Crippen LogP contribution in [0.4, 0.5) is 5.82 Å².